The first-order valence-electron chi connectivity index (χ1n) is 7.09. The molecule has 2 rings (SSSR count). The van der Waals surface area contributed by atoms with Crippen molar-refractivity contribution in [3.05, 3.63) is 16.4 Å². The Kier molecular flexibility index (Phi) is 5.25. The highest BCUT2D eigenvalue weighted by molar-refractivity contribution is 9.10. The average molecular weight is 364 g/mol. The number of aryl methyl sites for hydroxylation is 1. The van der Waals surface area contributed by atoms with E-state index < -0.39 is 9.84 Å². The fourth-order valence-electron chi connectivity index (χ4n) is 2.83. The SMILES string of the molecule is CCCNC(c1c(Br)cnn1C)C1CCCCS1(=O)=O. The zero-order valence-electron chi connectivity index (χ0n) is 12.0. The standard InChI is InChI=1S/C13H22BrN3O2S/c1-3-7-15-12(13-10(14)9-16-17(13)2)11-6-4-5-8-20(11,18)19/h9,11-12,15H,3-8H2,1-2H3. The molecule has 0 aliphatic carbocycles. The van der Waals surface area contributed by atoms with Gasteiger partial charge in [-0.05, 0) is 41.7 Å². The van der Waals surface area contributed by atoms with Crippen LogP contribution in [0, 0.1) is 0 Å². The lowest BCUT2D eigenvalue weighted by molar-refractivity contribution is 0.427. The molecule has 2 atom stereocenters. The van der Waals surface area contributed by atoms with Crippen molar-refractivity contribution in [1.82, 2.24) is 15.1 Å². The number of hydrogen-bond acceptors (Lipinski definition) is 4. The number of sulfone groups is 1. The molecule has 1 fully saturated rings. The molecular formula is C13H22BrN3O2S. The summed E-state index contributed by atoms with van der Waals surface area (Å²) in [7, 11) is -1.18. The maximum Gasteiger partial charge on any atom is 0.155 e. The minimum Gasteiger partial charge on any atom is -0.308 e. The minimum atomic E-state index is -3.04. The molecule has 0 amide bonds. The first kappa shape index (κ1) is 16.0. The molecule has 0 saturated carbocycles. The van der Waals surface area contributed by atoms with Gasteiger partial charge in [-0.1, -0.05) is 13.3 Å². The molecule has 5 nitrogen and oxygen atoms in total. The maximum absolute atomic E-state index is 12.4. The van der Waals surface area contributed by atoms with Crippen LogP contribution in [0.1, 0.15) is 44.3 Å². The highest BCUT2D eigenvalue weighted by Gasteiger charge is 2.38. The molecule has 1 aliphatic rings. The molecule has 0 spiro atoms. The van der Waals surface area contributed by atoms with Gasteiger partial charge in [0, 0.05) is 7.05 Å². The van der Waals surface area contributed by atoms with Gasteiger partial charge in [0.1, 0.15) is 0 Å². The first-order valence-corrected chi connectivity index (χ1v) is 9.60. The van der Waals surface area contributed by atoms with Crippen LogP contribution < -0.4 is 5.32 Å². The molecular weight excluding hydrogens is 342 g/mol. The molecule has 2 unspecified atom stereocenters. The summed E-state index contributed by atoms with van der Waals surface area (Å²) in [5, 5.41) is 7.28. The highest BCUT2D eigenvalue weighted by atomic mass is 79.9. The van der Waals surface area contributed by atoms with Gasteiger partial charge in [-0.2, -0.15) is 5.10 Å². The number of halogens is 1. The van der Waals surface area contributed by atoms with Crippen molar-refractivity contribution in [2.45, 2.75) is 43.9 Å². The lowest BCUT2D eigenvalue weighted by atomic mass is 10.0. The van der Waals surface area contributed by atoms with Crippen molar-refractivity contribution in [3.63, 3.8) is 0 Å². The average Bonchev–Trinajstić information content (AvgIpc) is 2.72. The topological polar surface area (TPSA) is 64.0 Å². The molecule has 2 heterocycles. The van der Waals surface area contributed by atoms with E-state index in [2.05, 4.69) is 33.3 Å². The summed E-state index contributed by atoms with van der Waals surface area (Å²) >= 11 is 3.50. The van der Waals surface area contributed by atoms with Crippen molar-refractivity contribution in [2.75, 3.05) is 12.3 Å². The van der Waals surface area contributed by atoms with Crippen molar-refractivity contribution in [1.29, 1.82) is 0 Å². The van der Waals surface area contributed by atoms with Crippen LogP contribution in [-0.2, 0) is 16.9 Å². The zero-order valence-corrected chi connectivity index (χ0v) is 14.4. The summed E-state index contributed by atoms with van der Waals surface area (Å²) in [5.74, 6) is 0.303. The van der Waals surface area contributed by atoms with Crippen LogP contribution in [0.5, 0.6) is 0 Å². The van der Waals surface area contributed by atoms with E-state index in [0.29, 0.717) is 5.75 Å². The number of rotatable bonds is 5. The minimum absolute atomic E-state index is 0.192. The van der Waals surface area contributed by atoms with E-state index in [-0.39, 0.29) is 11.3 Å². The second kappa shape index (κ2) is 6.58. The van der Waals surface area contributed by atoms with E-state index >= 15 is 0 Å². The number of aromatic nitrogens is 2. The fourth-order valence-corrected chi connectivity index (χ4v) is 5.50. The first-order chi connectivity index (χ1) is 9.47. The van der Waals surface area contributed by atoms with Gasteiger partial charge in [-0.3, -0.25) is 4.68 Å². The largest absolute Gasteiger partial charge is 0.308 e. The summed E-state index contributed by atoms with van der Waals surface area (Å²) in [6, 6.07) is -0.192. The summed E-state index contributed by atoms with van der Waals surface area (Å²) in [5.41, 5.74) is 0.925. The van der Waals surface area contributed by atoms with Crippen LogP contribution in [0.4, 0.5) is 0 Å². The molecule has 1 aliphatic heterocycles. The van der Waals surface area contributed by atoms with Crippen LogP contribution in [0.3, 0.4) is 0 Å². The molecule has 1 aromatic rings. The van der Waals surface area contributed by atoms with Gasteiger partial charge in [0.15, 0.2) is 9.84 Å². The van der Waals surface area contributed by atoms with E-state index in [1.807, 2.05) is 7.05 Å². The van der Waals surface area contributed by atoms with Crippen LogP contribution in [0.25, 0.3) is 0 Å². The van der Waals surface area contributed by atoms with Crippen LogP contribution in [0.15, 0.2) is 10.7 Å². The Balaban J connectivity index is 2.37. The Morgan fingerprint density at radius 3 is 2.85 bits per heavy atom. The molecule has 0 aromatic carbocycles. The van der Waals surface area contributed by atoms with E-state index in [0.717, 1.165) is 42.4 Å². The molecule has 7 heteroatoms. The Hall–Kier alpha value is -0.400. The van der Waals surface area contributed by atoms with E-state index in [1.54, 1.807) is 10.9 Å². The number of nitrogens with zero attached hydrogens (tertiary/aromatic N) is 2. The highest BCUT2D eigenvalue weighted by Crippen LogP contribution is 2.33. The van der Waals surface area contributed by atoms with Crippen LogP contribution >= 0.6 is 15.9 Å². The second-order valence-electron chi connectivity index (χ2n) is 5.33. The van der Waals surface area contributed by atoms with Gasteiger partial charge < -0.3 is 5.32 Å². The van der Waals surface area contributed by atoms with Gasteiger partial charge in [-0.15, -0.1) is 0 Å². The van der Waals surface area contributed by atoms with Crippen LogP contribution in [0.2, 0.25) is 0 Å². The molecule has 1 N–H and O–H groups in total. The summed E-state index contributed by atoms with van der Waals surface area (Å²) in [6.07, 6.45) is 5.18. The maximum atomic E-state index is 12.4. The lowest BCUT2D eigenvalue weighted by Gasteiger charge is -2.31. The van der Waals surface area contributed by atoms with Crippen molar-refractivity contribution < 1.29 is 8.42 Å². The van der Waals surface area contributed by atoms with E-state index in [9.17, 15) is 8.42 Å². The Bertz CT molecular complexity index is 536. The van der Waals surface area contributed by atoms with E-state index in [1.165, 1.54) is 0 Å². The van der Waals surface area contributed by atoms with Gasteiger partial charge in [0.2, 0.25) is 0 Å². The third-order valence-electron chi connectivity index (χ3n) is 3.85. The van der Waals surface area contributed by atoms with Crippen molar-refractivity contribution in [2.24, 2.45) is 7.05 Å². The molecule has 1 aromatic heterocycles. The molecule has 20 heavy (non-hydrogen) atoms. The van der Waals surface area contributed by atoms with E-state index in [4.69, 9.17) is 0 Å². The summed E-state index contributed by atoms with van der Waals surface area (Å²) < 4.78 is 27.5. The normalized spacial score (nSPS) is 23.6. The van der Waals surface area contributed by atoms with Crippen molar-refractivity contribution >= 4 is 25.8 Å². The van der Waals surface area contributed by atoms with Crippen LogP contribution in [-0.4, -0.2) is 35.7 Å². The Morgan fingerprint density at radius 1 is 1.55 bits per heavy atom. The monoisotopic (exact) mass is 363 g/mol. The quantitative estimate of drug-likeness (QED) is 0.870. The van der Waals surface area contributed by atoms with Gasteiger partial charge in [-0.25, -0.2) is 8.42 Å². The number of hydrogen-bond donors (Lipinski definition) is 1. The fraction of sp³-hybridized carbons (Fsp3) is 0.769. The van der Waals surface area contributed by atoms with Gasteiger partial charge >= 0.3 is 0 Å². The van der Waals surface area contributed by atoms with Gasteiger partial charge in [0.05, 0.1) is 33.4 Å². The smallest absolute Gasteiger partial charge is 0.155 e. The second-order valence-corrected chi connectivity index (χ2v) is 8.53. The van der Waals surface area contributed by atoms with Crippen molar-refractivity contribution in [3.8, 4) is 0 Å². The predicted octanol–water partition coefficient (Wildman–Crippen LogP) is 2.19. The number of nitrogens with one attached hydrogen (secondary N) is 1. The lowest BCUT2D eigenvalue weighted by Crippen LogP contribution is -2.41. The Morgan fingerprint density at radius 2 is 2.30 bits per heavy atom. The Labute approximate surface area is 129 Å². The summed E-state index contributed by atoms with van der Waals surface area (Å²) in [6.45, 7) is 2.88. The molecule has 0 radical (unpaired) electrons. The predicted molar refractivity (Wildman–Crippen MR) is 83.4 cm³/mol. The third-order valence-corrected chi connectivity index (χ3v) is 6.75. The molecule has 0 bridgehead atoms. The third kappa shape index (κ3) is 3.26. The van der Waals surface area contributed by atoms with Gasteiger partial charge in [0.25, 0.3) is 0 Å². The zero-order chi connectivity index (χ0) is 14.8. The molecule has 1 saturated heterocycles. The summed E-state index contributed by atoms with van der Waals surface area (Å²) in [4.78, 5) is 0. The molecule has 114 valence electrons.